The first-order chi connectivity index (χ1) is 25.6. The predicted octanol–water partition coefficient (Wildman–Crippen LogP) is 12.6. The number of phosphoric ester groups is 1. The lowest BCUT2D eigenvalue weighted by atomic mass is 10.0. The van der Waals surface area contributed by atoms with E-state index < -0.39 is 13.9 Å². The molecule has 0 rings (SSSR count). The first kappa shape index (κ1) is 52.5. The molecule has 0 aliphatic carbocycles. The number of ether oxygens (including phenoxy) is 2. The van der Waals surface area contributed by atoms with Gasteiger partial charge in [-0.3, -0.25) is 9.36 Å². The van der Waals surface area contributed by atoms with Crippen LogP contribution < -0.4 is 4.89 Å². The van der Waals surface area contributed by atoms with Crippen molar-refractivity contribution in [3.63, 3.8) is 0 Å². The van der Waals surface area contributed by atoms with Gasteiger partial charge in [0.2, 0.25) is 0 Å². The first-order valence-electron chi connectivity index (χ1n) is 22.8. The SMILES string of the molecule is CCCCCCCCCCCCCCCCCCCCCCCCCCC(=O)OC(COCCCCCCCCC)COP(=O)([O-])OCC[N+](C)(C)C. The highest BCUT2D eigenvalue weighted by Crippen LogP contribution is 2.38. The molecule has 0 aromatic carbocycles. The molecule has 0 saturated heterocycles. The Labute approximate surface area is 329 Å². The van der Waals surface area contributed by atoms with Crippen LogP contribution in [0.5, 0.6) is 0 Å². The minimum Gasteiger partial charge on any atom is -0.756 e. The number of hydrogen-bond donors (Lipinski definition) is 0. The molecule has 2 unspecified atom stereocenters. The van der Waals surface area contributed by atoms with Crippen LogP contribution >= 0.6 is 7.82 Å². The lowest BCUT2D eigenvalue weighted by molar-refractivity contribution is -0.870. The van der Waals surface area contributed by atoms with Crippen LogP contribution in [0.15, 0.2) is 0 Å². The number of quaternary nitrogens is 1. The zero-order valence-corrected chi connectivity index (χ0v) is 36.9. The van der Waals surface area contributed by atoms with Gasteiger partial charge in [-0.2, -0.15) is 0 Å². The second-order valence-corrected chi connectivity index (χ2v) is 18.2. The van der Waals surface area contributed by atoms with Gasteiger partial charge in [0.05, 0.1) is 34.4 Å². The number of nitrogens with zero attached hydrogens (tertiary/aromatic N) is 1. The number of rotatable bonds is 43. The zero-order valence-electron chi connectivity index (χ0n) is 36.0. The number of likely N-dealkylation sites (N-methyl/N-ethyl adjacent to an activating group) is 1. The maximum absolute atomic E-state index is 12.6. The van der Waals surface area contributed by atoms with Crippen LogP contribution in [0.4, 0.5) is 0 Å². The Hall–Kier alpha value is -0.500. The molecule has 2 atom stereocenters. The second kappa shape index (κ2) is 38.4. The van der Waals surface area contributed by atoms with Crippen LogP contribution in [0.3, 0.4) is 0 Å². The minimum absolute atomic E-state index is 0.0308. The Bertz CT molecular complexity index is 822. The molecule has 0 aliphatic rings. The van der Waals surface area contributed by atoms with Crippen LogP contribution in [-0.2, 0) is 27.9 Å². The van der Waals surface area contributed by atoms with E-state index in [-0.39, 0.29) is 25.8 Å². The van der Waals surface area contributed by atoms with Gasteiger partial charge in [0.25, 0.3) is 7.82 Å². The van der Waals surface area contributed by atoms with Crippen molar-refractivity contribution in [2.75, 3.05) is 54.1 Å². The highest BCUT2D eigenvalue weighted by Gasteiger charge is 2.20. The highest BCUT2D eigenvalue weighted by molar-refractivity contribution is 7.45. The average Bonchev–Trinajstić information content (AvgIpc) is 3.11. The summed E-state index contributed by atoms with van der Waals surface area (Å²) in [5.74, 6) is -0.330. The molecule has 9 heteroatoms. The van der Waals surface area contributed by atoms with E-state index in [1.807, 2.05) is 21.1 Å². The van der Waals surface area contributed by atoms with Gasteiger partial charge in [-0.15, -0.1) is 0 Å². The van der Waals surface area contributed by atoms with E-state index >= 15 is 0 Å². The third-order valence-electron chi connectivity index (χ3n) is 10.2. The van der Waals surface area contributed by atoms with Crippen molar-refractivity contribution in [2.24, 2.45) is 0 Å². The smallest absolute Gasteiger partial charge is 0.306 e. The predicted molar refractivity (Wildman–Crippen MR) is 222 cm³/mol. The van der Waals surface area contributed by atoms with E-state index in [2.05, 4.69) is 13.8 Å². The van der Waals surface area contributed by atoms with Gasteiger partial charge in [0.1, 0.15) is 19.3 Å². The van der Waals surface area contributed by atoms with Crippen molar-refractivity contribution < 1.29 is 37.3 Å². The number of esters is 1. The summed E-state index contributed by atoms with van der Waals surface area (Å²) >= 11 is 0. The molecule has 8 nitrogen and oxygen atoms in total. The van der Waals surface area contributed by atoms with Crippen LogP contribution in [0.25, 0.3) is 0 Å². The molecule has 53 heavy (non-hydrogen) atoms. The summed E-state index contributed by atoms with van der Waals surface area (Å²) < 4.78 is 34.4. The molecule has 0 aromatic heterocycles. The van der Waals surface area contributed by atoms with Crippen molar-refractivity contribution >= 4 is 13.8 Å². The van der Waals surface area contributed by atoms with Crippen LogP contribution in [0, 0.1) is 0 Å². The van der Waals surface area contributed by atoms with E-state index in [4.69, 9.17) is 18.5 Å². The van der Waals surface area contributed by atoms with Crippen LogP contribution in [0.1, 0.15) is 219 Å². The molecule has 0 aromatic rings. The summed E-state index contributed by atoms with van der Waals surface area (Å²) in [5, 5.41) is 0. The molecule has 318 valence electrons. The number of carbonyl (C=O) groups excluding carboxylic acids is 1. The lowest BCUT2D eigenvalue weighted by Crippen LogP contribution is -2.37. The van der Waals surface area contributed by atoms with Crippen molar-refractivity contribution in [3.05, 3.63) is 0 Å². The zero-order chi connectivity index (χ0) is 39.1. The third kappa shape index (κ3) is 42.5. The Morgan fingerprint density at radius 1 is 0.509 bits per heavy atom. The maximum atomic E-state index is 12.6. The maximum Gasteiger partial charge on any atom is 0.306 e. The van der Waals surface area contributed by atoms with E-state index in [1.165, 1.54) is 167 Å². The molecule has 0 amide bonds. The summed E-state index contributed by atoms with van der Waals surface area (Å²) in [6, 6.07) is 0. The largest absolute Gasteiger partial charge is 0.756 e. The fraction of sp³-hybridized carbons (Fsp3) is 0.977. The highest BCUT2D eigenvalue weighted by atomic mass is 31.2. The van der Waals surface area contributed by atoms with Crippen molar-refractivity contribution in [2.45, 2.75) is 225 Å². The van der Waals surface area contributed by atoms with Crippen molar-refractivity contribution in [3.8, 4) is 0 Å². The van der Waals surface area contributed by atoms with Gasteiger partial charge in [-0.25, -0.2) is 0 Å². The Morgan fingerprint density at radius 2 is 0.868 bits per heavy atom. The fourth-order valence-corrected chi connectivity index (χ4v) is 7.34. The van der Waals surface area contributed by atoms with Gasteiger partial charge in [-0.05, 0) is 12.8 Å². The molecular formula is C44H90NO7P. The summed E-state index contributed by atoms with van der Waals surface area (Å²) in [4.78, 5) is 24.9. The van der Waals surface area contributed by atoms with Gasteiger partial charge in [-0.1, -0.05) is 200 Å². The molecule has 0 N–H and O–H groups in total. The summed E-state index contributed by atoms with van der Waals surface area (Å²) in [7, 11) is 1.37. The average molecular weight is 776 g/mol. The van der Waals surface area contributed by atoms with Crippen LogP contribution in [0.2, 0.25) is 0 Å². The number of hydrogen-bond acceptors (Lipinski definition) is 7. The van der Waals surface area contributed by atoms with Crippen molar-refractivity contribution in [1.82, 2.24) is 0 Å². The molecule has 0 aliphatic heterocycles. The molecule has 0 saturated carbocycles. The standard InChI is InChI=1S/C44H90NO7P/c1-6-8-10-12-14-15-16-17-18-19-20-21-22-23-24-25-26-27-28-29-30-31-33-35-37-44(46)52-43(41-49-39-36-34-32-13-11-9-7-2)42-51-53(47,48)50-40-38-45(3,4)5/h43H,6-42H2,1-5H3. The first-order valence-corrected chi connectivity index (χ1v) is 24.2. The minimum atomic E-state index is -4.51. The Balaban J connectivity index is 3.93. The molecule has 0 heterocycles. The number of phosphoric acid groups is 1. The van der Waals surface area contributed by atoms with E-state index in [9.17, 15) is 14.3 Å². The summed E-state index contributed by atoms with van der Waals surface area (Å²) in [5.41, 5.74) is 0. The quantitative estimate of drug-likeness (QED) is 0.0263. The van der Waals surface area contributed by atoms with Gasteiger partial charge < -0.3 is 27.9 Å². The van der Waals surface area contributed by atoms with Gasteiger partial charge in [0, 0.05) is 13.0 Å². The van der Waals surface area contributed by atoms with E-state index in [0.717, 1.165) is 32.1 Å². The molecule has 0 fully saturated rings. The fourth-order valence-electron chi connectivity index (χ4n) is 6.61. The van der Waals surface area contributed by atoms with Crippen LogP contribution in [-0.4, -0.2) is 70.7 Å². The van der Waals surface area contributed by atoms with E-state index in [1.54, 1.807) is 0 Å². The molecule has 0 radical (unpaired) electrons. The summed E-state index contributed by atoms with van der Waals surface area (Å²) in [6.45, 7) is 5.42. The number of carbonyl (C=O) groups is 1. The van der Waals surface area contributed by atoms with Gasteiger partial charge >= 0.3 is 5.97 Å². The van der Waals surface area contributed by atoms with Crippen molar-refractivity contribution in [1.29, 1.82) is 0 Å². The molecule has 0 spiro atoms. The molecule has 0 bridgehead atoms. The number of unbranched alkanes of at least 4 members (excludes halogenated alkanes) is 29. The monoisotopic (exact) mass is 776 g/mol. The topological polar surface area (TPSA) is 94.1 Å². The Kier molecular flexibility index (Phi) is 38.0. The van der Waals surface area contributed by atoms with E-state index in [0.29, 0.717) is 24.1 Å². The Morgan fingerprint density at radius 3 is 1.25 bits per heavy atom. The lowest BCUT2D eigenvalue weighted by Gasteiger charge is -2.28. The second-order valence-electron chi connectivity index (χ2n) is 16.8. The normalized spacial score (nSPS) is 13.7. The van der Waals surface area contributed by atoms with Gasteiger partial charge in [0.15, 0.2) is 0 Å². The third-order valence-corrected chi connectivity index (χ3v) is 11.1. The summed E-state index contributed by atoms with van der Waals surface area (Å²) in [6.07, 6.45) is 40.0. The molecular weight excluding hydrogens is 685 g/mol.